The number of piperidine rings is 1. The zero-order valence-electron chi connectivity index (χ0n) is 9.25. The number of amides is 2. The highest BCUT2D eigenvalue weighted by molar-refractivity contribution is 5.83. The third-order valence-corrected chi connectivity index (χ3v) is 3.39. The largest absolute Gasteiger partial charge is 0.465 e. The first-order valence-corrected chi connectivity index (χ1v) is 5.61. The van der Waals surface area contributed by atoms with Gasteiger partial charge in [0.2, 0.25) is 0 Å². The number of likely N-dealkylation sites (tertiary alicyclic amines) is 2. The van der Waals surface area contributed by atoms with E-state index in [0.717, 1.165) is 4.90 Å². The minimum atomic E-state index is -1.38. The van der Waals surface area contributed by atoms with Crippen molar-refractivity contribution in [3.05, 3.63) is 0 Å². The standard InChI is InChI=1S/C10H15FN2O4/c11-6-5-12(10(16)17)3-1-7(6)13-4-2-8(14)9(13)15/h6-8,14H,1-5H2,(H,16,17)/t6-,7-,8+/m0/s1. The van der Waals surface area contributed by atoms with Crippen LogP contribution in [0.2, 0.25) is 0 Å². The lowest BCUT2D eigenvalue weighted by Crippen LogP contribution is -2.54. The van der Waals surface area contributed by atoms with Crippen LogP contribution in [0.4, 0.5) is 9.18 Å². The average Bonchev–Trinajstić information content (AvgIpc) is 2.60. The van der Waals surface area contributed by atoms with Gasteiger partial charge in [-0.15, -0.1) is 0 Å². The lowest BCUT2D eigenvalue weighted by atomic mass is 10.0. The number of hydrogen-bond donors (Lipinski definition) is 2. The zero-order valence-corrected chi connectivity index (χ0v) is 9.25. The van der Waals surface area contributed by atoms with Crippen LogP contribution in [-0.4, -0.2) is 70.0 Å². The smallest absolute Gasteiger partial charge is 0.407 e. The van der Waals surface area contributed by atoms with Gasteiger partial charge >= 0.3 is 6.09 Å². The number of carbonyl (C=O) groups excluding carboxylic acids is 1. The Balaban J connectivity index is 2.00. The Morgan fingerprint density at radius 3 is 2.53 bits per heavy atom. The third kappa shape index (κ3) is 2.19. The molecule has 2 amide bonds. The highest BCUT2D eigenvalue weighted by Gasteiger charge is 2.41. The summed E-state index contributed by atoms with van der Waals surface area (Å²) in [5.74, 6) is -0.443. The van der Waals surface area contributed by atoms with Gasteiger partial charge in [0.25, 0.3) is 5.91 Å². The summed E-state index contributed by atoms with van der Waals surface area (Å²) in [5.41, 5.74) is 0. The summed E-state index contributed by atoms with van der Waals surface area (Å²) in [6.45, 7) is 0.359. The molecule has 0 bridgehead atoms. The Morgan fingerprint density at radius 1 is 1.35 bits per heavy atom. The van der Waals surface area contributed by atoms with Crippen LogP contribution in [0.5, 0.6) is 0 Å². The van der Waals surface area contributed by atoms with E-state index >= 15 is 0 Å². The normalized spacial score (nSPS) is 34.2. The quantitative estimate of drug-likeness (QED) is 0.664. The van der Waals surface area contributed by atoms with E-state index in [1.165, 1.54) is 4.90 Å². The summed E-state index contributed by atoms with van der Waals surface area (Å²) in [5, 5.41) is 18.0. The van der Waals surface area contributed by atoms with Gasteiger partial charge in [-0.2, -0.15) is 0 Å². The van der Waals surface area contributed by atoms with E-state index in [2.05, 4.69) is 0 Å². The second kappa shape index (κ2) is 4.48. The molecule has 0 aromatic heterocycles. The fraction of sp³-hybridized carbons (Fsp3) is 0.800. The van der Waals surface area contributed by atoms with Crippen LogP contribution in [-0.2, 0) is 4.79 Å². The molecule has 0 aliphatic carbocycles. The van der Waals surface area contributed by atoms with Crippen LogP contribution in [0.25, 0.3) is 0 Å². The molecular formula is C10H15FN2O4. The van der Waals surface area contributed by atoms with E-state index in [9.17, 15) is 19.1 Å². The van der Waals surface area contributed by atoms with E-state index in [1.807, 2.05) is 0 Å². The topological polar surface area (TPSA) is 81.1 Å². The van der Waals surface area contributed by atoms with Gasteiger partial charge in [0.15, 0.2) is 0 Å². The third-order valence-electron chi connectivity index (χ3n) is 3.39. The van der Waals surface area contributed by atoms with Crippen molar-refractivity contribution in [3.63, 3.8) is 0 Å². The van der Waals surface area contributed by atoms with E-state index in [4.69, 9.17) is 5.11 Å². The zero-order chi connectivity index (χ0) is 12.6. The predicted molar refractivity (Wildman–Crippen MR) is 55.2 cm³/mol. The van der Waals surface area contributed by atoms with Crippen LogP contribution in [0.3, 0.4) is 0 Å². The summed E-state index contributed by atoms with van der Waals surface area (Å²) >= 11 is 0. The van der Waals surface area contributed by atoms with Crippen LogP contribution in [0.1, 0.15) is 12.8 Å². The molecule has 0 saturated carbocycles. The molecule has 2 aliphatic heterocycles. The second-order valence-corrected chi connectivity index (χ2v) is 4.44. The molecule has 0 spiro atoms. The molecule has 17 heavy (non-hydrogen) atoms. The Kier molecular flexibility index (Phi) is 3.19. The van der Waals surface area contributed by atoms with Gasteiger partial charge in [-0.25, -0.2) is 9.18 Å². The van der Waals surface area contributed by atoms with Crippen molar-refractivity contribution < 1.29 is 24.2 Å². The Hall–Kier alpha value is -1.37. The number of rotatable bonds is 1. The molecule has 6 nitrogen and oxygen atoms in total. The van der Waals surface area contributed by atoms with E-state index in [-0.39, 0.29) is 19.5 Å². The molecule has 7 heteroatoms. The lowest BCUT2D eigenvalue weighted by molar-refractivity contribution is -0.138. The first-order valence-electron chi connectivity index (χ1n) is 5.61. The second-order valence-electron chi connectivity index (χ2n) is 4.44. The average molecular weight is 246 g/mol. The number of hydrogen-bond acceptors (Lipinski definition) is 3. The maximum atomic E-state index is 13.8. The van der Waals surface area contributed by atoms with Gasteiger partial charge in [0.05, 0.1) is 12.6 Å². The molecule has 2 saturated heterocycles. The SMILES string of the molecule is O=C(O)N1CC[C@H](N2CC[C@@H](O)C2=O)[C@@H](F)C1. The van der Waals surface area contributed by atoms with Crippen LogP contribution in [0, 0.1) is 0 Å². The number of carboxylic acid groups (broad SMARTS) is 1. The molecule has 3 atom stereocenters. The Morgan fingerprint density at radius 2 is 2.06 bits per heavy atom. The first kappa shape index (κ1) is 12.1. The number of alkyl halides is 1. The molecule has 0 aromatic carbocycles. The highest BCUT2D eigenvalue weighted by Crippen LogP contribution is 2.24. The molecular weight excluding hydrogens is 231 g/mol. The van der Waals surface area contributed by atoms with Crippen molar-refractivity contribution >= 4 is 12.0 Å². The summed E-state index contributed by atoms with van der Waals surface area (Å²) < 4.78 is 13.8. The molecule has 2 aliphatic rings. The molecule has 2 N–H and O–H groups in total. The van der Waals surface area contributed by atoms with Crippen molar-refractivity contribution in [2.45, 2.75) is 31.2 Å². The van der Waals surface area contributed by atoms with Crippen molar-refractivity contribution in [3.8, 4) is 0 Å². The molecule has 0 radical (unpaired) electrons. The van der Waals surface area contributed by atoms with Gasteiger partial charge in [0.1, 0.15) is 12.3 Å². The van der Waals surface area contributed by atoms with Gasteiger partial charge in [-0.1, -0.05) is 0 Å². The number of aliphatic hydroxyl groups excluding tert-OH is 1. The summed E-state index contributed by atoms with van der Waals surface area (Å²) in [4.78, 5) is 24.6. The summed E-state index contributed by atoms with van der Waals surface area (Å²) in [7, 11) is 0. The number of nitrogens with zero attached hydrogens (tertiary/aromatic N) is 2. The summed E-state index contributed by atoms with van der Waals surface area (Å²) in [6, 6.07) is -0.602. The van der Waals surface area contributed by atoms with Crippen molar-refractivity contribution in [1.29, 1.82) is 0 Å². The molecule has 0 aromatic rings. The van der Waals surface area contributed by atoms with Gasteiger partial charge < -0.3 is 20.0 Å². The van der Waals surface area contributed by atoms with Crippen LogP contribution < -0.4 is 0 Å². The predicted octanol–water partition coefficient (Wildman–Crippen LogP) is -0.330. The number of halogens is 1. The Labute approximate surface area is 97.6 Å². The molecule has 2 rings (SSSR count). The van der Waals surface area contributed by atoms with E-state index < -0.39 is 30.3 Å². The minimum Gasteiger partial charge on any atom is -0.465 e. The fourth-order valence-electron chi connectivity index (χ4n) is 2.43. The van der Waals surface area contributed by atoms with Gasteiger partial charge in [-0.05, 0) is 12.8 Å². The number of aliphatic hydroxyl groups is 1. The van der Waals surface area contributed by atoms with E-state index in [1.54, 1.807) is 0 Å². The summed E-state index contributed by atoms with van der Waals surface area (Å²) in [6.07, 6.45) is -2.94. The van der Waals surface area contributed by atoms with Crippen LogP contribution >= 0.6 is 0 Å². The maximum Gasteiger partial charge on any atom is 0.407 e. The van der Waals surface area contributed by atoms with Gasteiger partial charge in [-0.3, -0.25) is 4.79 Å². The van der Waals surface area contributed by atoms with Crippen molar-refractivity contribution in [1.82, 2.24) is 9.80 Å². The Bertz CT molecular complexity index is 338. The van der Waals surface area contributed by atoms with Crippen LogP contribution in [0.15, 0.2) is 0 Å². The minimum absolute atomic E-state index is 0.208. The first-order chi connectivity index (χ1) is 8.00. The maximum absolute atomic E-state index is 13.8. The lowest BCUT2D eigenvalue weighted by Gasteiger charge is -2.37. The van der Waals surface area contributed by atoms with Crippen molar-refractivity contribution in [2.24, 2.45) is 0 Å². The molecule has 2 heterocycles. The van der Waals surface area contributed by atoms with Crippen molar-refractivity contribution in [2.75, 3.05) is 19.6 Å². The van der Waals surface area contributed by atoms with E-state index in [0.29, 0.717) is 13.0 Å². The fourth-order valence-corrected chi connectivity index (χ4v) is 2.43. The monoisotopic (exact) mass is 246 g/mol. The molecule has 0 unspecified atom stereocenters. The number of carbonyl (C=O) groups is 2. The highest BCUT2D eigenvalue weighted by atomic mass is 19.1. The van der Waals surface area contributed by atoms with Gasteiger partial charge in [0, 0.05) is 13.1 Å². The molecule has 96 valence electrons. The molecule has 2 fully saturated rings.